The normalized spacial score (nSPS) is 11.6. The van der Waals surface area contributed by atoms with Gasteiger partial charge in [-0.25, -0.2) is 0 Å². The van der Waals surface area contributed by atoms with E-state index in [1.807, 2.05) is 18.5 Å². The molecular weight excluding hydrogens is 196 g/mol. The van der Waals surface area contributed by atoms with E-state index in [9.17, 15) is 0 Å². The zero-order valence-electron chi connectivity index (χ0n) is 9.63. The quantitative estimate of drug-likeness (QED) is 0.845. The first kappa shape index (κ1) is 12.4. The molecule has 0 amide bonds. The fraction of sp³-hybridized carbons (Fsp3) is 0.214. The molecule has 2 heteroatoms. The van der Waals surface area contributed by atoms with E-state index in [0.717, 1.165) is 6.42 Å². The van der Waals surface area contributed by atoms with Crippen LogP contribution < -0.4 is 6.15 Å². The van der Waals surface area contributed by atoms with E-state index in [1.165, 1.54) is 11.1 Å². The smallest absolute Gasteiger partial charge is 0.0306 e. The third kappa shape index (κ3) is 2.67. The van der Waals surface area contributed by atoms with Crippen molar-refractivity contribution in [1.82, 2.24) is 11.1 Å². The van der Waals surface area contributed by atoms with E-state index >= 15 is 0 Å². The van der Waals surface area contributed by atoms with Crippen LogP contribution in [-0.2, 0) is 0 Å². The predicted molar refractivity (Wildman–Crippen MR) is 67.8 cm³/mol. The Labute approximate surface area is 96.9 Å². The van der Waals surface area contributed by atoms with Crippen LogP contribution in [0.3, 0.4) is 0 Å². The molecule has 84 valence electrons. The van der Waals surface area contributed by atoms with Crippen LogP contribution in [-0.4, -0.2) is 4.98 Å². The fourth-order valence-corrected chi connectivity index (χ4v) is 1.93. The van der Waals surface area contributed by atoms with Crippen molar-refractivity contribution in [3.8, 4) is 0 Å². The van der Waals surface area contributed by atoms with Crippen molar-refractivity contribution in [1.29, 1.82) is 0 Å². The number of rotatable bonds is 3. The van der Waals surface area contributed by atoms with Crippen molar-refractivity contribution >= 4 is 0 Å². The zero-order chi connectivity index (χ0) is 10.5. The highest BCUT2D eigenvalue weighted by molar-refractivity contribution is 5.30. The van der Waals surface area contributed by atoms with Crippen LogP contribution in [0.2, 0.25) is 0 Å². The van der Waals surface area contributed by atoms with Gasteiger partial charge in [0.1, 0.15) is 0 Å². The minimum Gasteiger partial charge on any atom is -0.344 e. The van der Waals surface area contributed by atoms with Gasteiger partial charge in [-0.2, -0.15) is 0 Å². The molecule has 1 atom stereocenters. The third-order valence-corrected chi connectivity index (χ3v) is 2.70. The Morgan fingerprint density at radius 2 is 1.69 bits per heavy atom. The summed E-state index contributed by atoms with van der Waals surface area (Å²) in [4.78, 5) is 4.18. The number of hydrogen-bond acceptors (Lipinski definition) is 2. The molecule has 1 aromatic heterocycles. The topological polar surface area (TPSA) is 47.9 Å². The maximum Gasteiger partial charge on any atom is 0.0306 e. The molecule has 0 fully saturated rings. The molecule has 0 spiro atoms. The molecule has 2 nitrogen and oxygen atoms in total. The monoisotopic (exact) mass is 214 g/mol. The Hall–Kier alpha value is -1.67. The highest BCUT2D eigenvalue weighted by Gasteiger charge is 2.10. The number of pyridine rings is 1. The molecule has 0 aliphatic carbocycles. The molecular formula is C14H18N2. The lowest BCUT2D eigenvalue weighted by Gasteiger charge is -2.14. The lowest BCUT2D eigenvalue weighted by atomic mass is 9.90. The summed E-state index contributed by atoms with van der Waals surface area (Å²) in [5.74, 6) is 0.472. The minimum absolute atomic E-state index is 0. The molecule has 16 heavy (non-hydrogen) atoms. The van der Waals surface area contributed by atoms with Gasteiger partial charge >= 0.3 is 0 Å². The van der Waals surface area contributed by atoms with Crippen LogP contribution in [0.15, 0.2) is 54.9 Å². The molecule has 1 heterocycles. The summed E-state index contributed by atoms with van der Waals surface area (Å²) < 4.78 is 0. The summed E-state index contributed by atoms with van der Waals surface area (Å²) >= 11 is 0. The second-order valence-corrected chi connectivity index (χ2v) is 3.66. The SMILES string of the molecule is CCC(c1ccccc1)c1cccnc1.N. The van der Waals surface area contributed by atoms with E-state index in [-0.39, 0.29) is 6.15 Å². The predicted octanol–water partition coefficient (Wildman–Crippen LogP) is 3.79. The molecule has 3 N–H and O–H groups in total. The Bertz CT molecular complexity index is 358. The number of hydrogen-bond donors (Lipinski definition) is 1. The van der Waals surface area contributed by atoms with Gasteiger partial charge in [0.2, 0.25) is 0 Å². The van der Waals surface area contributed by atoms with Crippen molar-refractivity contribution in [3.63, 3.8) is 0 Å². The molecule has 0 saturated heterocycles. The maximum atomic E-state index is 4.18. The molecule has 1 aromatic carbocycles. The Balaban J connectivity index is 0.00000128. The van der Waals surface area contributed by atoms with Gasteiger partial charge in [0.25, 0.3) is 0 Å². The van der Waals surface area contributed by atoms with Gasteiger partial charge in [-0.05, 0) is 23.6 Å². The number of nitrogens with zero attached hydrogens (tertiary/aromatic N) is 1. The van der Waals surface area contributed by atoms with E-state index in [2.05, 4.69) is 48.3 Å². The van der Waals surface area contributed by atoms with Crippen molar-refractivity contribution in [2.24, 2.45) is 0 Å². The van der Waals surface area contributed by atoms with Crippen LogP contribution in [0.1, 0.15) is 30.4 Å². The standard InChI is InChI=1S/C14H15N.H3N/c1-2-14(12-7-4-3-5-8-12)13-9-6-10-15-11-13;/h3-11,14H,2H2,1H3;1H3. The van der Waals surface area contributed by atoms with Crippen LogP contribution in [0, 0.1) is 0 Å². The molecule has 0 saturated carbocycles. The summed E-state index contributed by atoms with van der Waals surface area (Å²) in [7, 11) is 0. The Morgan fingerprint density at radius 3 is 2.25 bits per heavy atom. The van der Waals surface area contributed by atoms with Crippen molar-refractivity contribution in [2.45, 2.75) is 19.3 Å². The molecule has 1 unspecified atom stereocenters. The van der Waals surface area contributed by atoms with Crippen LogP contribution in [0.4, 0.5) is 0 Å². The first-order valence-corrected chi connectivity index (χ1v) is 5.36. The summed E-state index contributed by atoms with van der Waals surface area (Å²) in [6, 6.07) is 14.7. The largest absolute Gasteiger partial charge is 0.344 e. The van der Waals surface area contributed by atoms with Gasteiger partial charge in [0.05, 0.1) is 0 Å². The minimum atomic E-state index is 0. The first-order valence-electron chi connectivity index (χ1n) is 5.36. The Morgan fingerprint density at radius 1 is 1.00 bits per heavy atom. The van der Waals surface area contributed by atoms with Gasteiger partial charge < -0.3 is 6.15 Å². The van der Waals surface area contributed by atoms with E-state index < -0.39 is 0 Å². The third-order valence-electron chi connectivity index (χ3n) is 2.70. The number of aromatic nitrogens is 1. The molecule has 0 radical (unpaired) electrons. The highest BCUT2D eigenvalue weighted by atomic mass is 14.6. The highest BCUT2D eigenvalue weighted by Crippen LogP contribution is 2.26. The molecule has 0 bridgehead atoms. The first-order chi connectivity index (χ1) is 7.42. The van der Waals surface area contributed by atoms with E-state index in [1.54, 1.807) is 0 Å². The zero-order valence-corrected chi connectivity index (χ0v) is 9.63. The van der Waals surface area contributed by atoms with Gasteiger partial charge in [-0.1, -0.05) is 43.3 Å². The Kier molecular flexibility index (Phi) is 4.67. The molecule has 0 aliphatic rings. The average molecular weight is 214 g/mol. The van der Waals surface area contributed by atoms with Crippen LogP contribution in [0.25, 0.3) is 0 Å². The summed E-state index contributed by atoms with van der Waals surface area (Å²) in [5, 5.41) is 0. The van der Waals surface area contributed by atoms with Crippen LogP contribution in [0.5, 0.6) is 0 Å². The van der Waals surface area contributed by atoms with Crippen molar-refractivity contribution in [3.05, 3.63) is 66.0 Å². The second kappa shape index (κ2) is 6.03. The second-order valence-electron chi connectivity index (χ2n) is 3.66. The fourth-order valence-electron chi connectivity index (χ4n) is 1.93. The van der Waals surface area contributed by atoms with Gasteiger partial charge in [0.15, 0.2) is 0 Å². The molecule has 2 rings (SSSR count). The van der Waals surface area contributed by atoms with E-state index in [0.29, 0.717) is 5.92 Å². The lowest BCUT2D eigenvalue weighted by molar-refractivity contribution is 0.773. The number of benzene rings is 1. The average Bonchev–Trinajstić information content (AvgIpc) is 2.33. The molecule has 2 aromatic rings. The summed E-state index contributed by atoms with van der Waals surface area (Å²) in [6.07, 6.45) is 4.89. The van der Waals surface area contributed by atoms with E-state index in [4.69, 9.17) is 0 Å². The molecule has 0 aliphatic heterocycles. The van der Waals surface area contributed by atoms with Crippen LogP contribution >= 0.6 is 0 Å². The lowest BCUT2D eigenvalue weighted by Crippen LogP contribution is -1.99. The van der Waals surface area contributed by atoms with Crippen molar-refractivity contribution in [2.75, 3.05) is 0 Å². The summed E-state index contributed by atoms with van der Waals surface area (Å²) in [6.45, 7) is 2.21. The summed E-state index contributed by atoms with van der Waals surface area (Å²) in [5.41, 5.74) is 2.67. The van der Waals surface area contributed by atoms with Gasteiger partial charge in [-0.15, -0.1) is 0 Å². The maximum absolute atomic E-state index is 4.18. The van der Waals surface area contributed by atoms with Crippen molar-refractivity contribution < 1.29 is 0 Å². The van der Waals surface area contributed by atoms with Gasteiger partial charge in [0, 0.05) is 18.3 Å². The van der Waals surface area contributed by atoms with Gasteiger partial charge in [-0.3, -0.25) is 4.98 Å².